The lowest BCUT2D eigenvalue weighted by atomic mass is 10.2. The van der Waals surface area contributed by atoms with Crippen LogP contribution in [0.15, 0.2) is 21.5 Å². The molecule has 0 spiro atoms. The lowest BCUT2D eigenvalue weighted by Gasteiger charge is -2.21. The molecule has 0 fully saturated rings. The largest absolute Gasteiger partial charge is 0.494 e. The van der Waals surface area contributed by atoms with E-state index in [9.17, 15) is 13.2 Å². The number of carboxylic acids is 1. The van der Waals surface area contributed by atoms with Crippen LogP contribution in [0.1, 0.15) is 6.92 Å². The molecule has 21 heavy (non-hydrogen) atoms. The number of sulfonamides is 1. The number of hydrogen-bond acceptors (Lipinski definition) is 4. The van der Waals surface area contributed by atoms with Crippen LogP contribution in [0.5, 0.6) is 5.75 Å². The molecule has 1 unspecified atom stereocenters. The molecule has 1 rings (SSSR count). The molecule has 0 aliphatic rings. The van der Waals surface area contributed by atoms with Crippen molar-refractivity contribution in [3.05, 3.63) is 21.6 Å². The molecule has 6 nitrogen and oxygen atoms in total. The Balaban J connectivity index is 3.28. The quantitative estimate of drug-likeness (QED) is 0.793. The molecule has 0 bridgehead atoms. The summed E-state index contributed by atoms with van der Waals surface area (Å²) in [6, 6.07) is 2.78. The van der Waals surface area contributed by atoms with Crippen molar-refractivity contribution in [2.75, 3.05) is 20.7 Å². The van der Waals surface area contributed by atoms with Gasteiger partial charge >= 0.3 is 5.97 Å². The van der Waals surface area contributed by atoms with E-state index in [0.717, 1.165) is 4.31 Å². The van der Waals surface area contributed by atoms with E-state index < -0.39 is 21.9 Å². The minimum Gasteiger partial charge on any atom is -0.494 e. The van der Waals surface area contributed by atoms with Crippen LogP contribution in [0.4, 0.5) is 0 Å². The molecular formula is C12H15BrClNO5S. The predicted molar refractivity (Wildman–Crippen MR) is 82.3 cm³/mol. The SMILES string of the molecule is COc1c(Br)cc(Cl)cc1S(=O)(=O)N(C)CC(C)C(=O)O. The number of carbonyl (C=O) groups is 1. The molecule has 0 heterocycles. The van der Waals surface area contributed by atoms with Gasteiger partial charge in [0.1, 0.15) is 4.90 Å². The number of carboxylic acid groups (broad SMARTS) is 1. The number of hydrogen-bond donors (Lipinski definition) is 1. The average Bonchev–Trinajstić information content (AvgIpc) is 2.37. The first-order valence-electron chi connectivity index (χ1n) is 5.83. The molecule has 0 aliphatic heterocycles. The second-order valence-electron chi connectivity index (χ2n) is 4.44. The first-order valence-corrected chi connectivity index (χ1v) is 8.44. The molecular weight excluding hydrogens is 386 g/mol. The highest BCUT2D eigenvalue weighted by Crippen LogP contribution is 2.36. The van der Waals surface area contributed by atoms with E-state index in [4.69, 9.17) is 21.4 Å². The van der Waals surface area contributed by atoms with Gasteiger partial charge in [-0.25, -0.2) is 8.42 Å². The van der Waals surface area contributed by atoms with Gasteiger partial charge in [0, 0.05) is 18.6 Å². The average molecular weight is 401 g/mol. The summed E-state index contributed by atoms with van der Waals surface area (Å²) in [5.74, 6) is -1.79. The molecule has 1 aromatic carbocycles. The van der Waals surface area contributed by atoms with Crippen molar-refractivity contribution in [2.45, 2.75) is 11.8 Å². The number of aliphatic carboxylic acids is 1. The highest BCUT2D eigenvalue weighted by Gasteiger charge is 2.29. The molecule has 0 aliphatic carbocycles. The molecule has 0 amide bonds. The fourth-order valence-electron chi connectivity index (χ4n) is 1.66. The zero-order valence-corrected chi connectivity index (χ0v) is 14.8. The smallest absolute Gasteiger partial charge is 0.307 e. The summed E-state index contributed by atoms with van der Waals surface area (Å²) in [5.41, 5.74) is 0. The number of nitrogens with zero attached hydrogens (tertiary/aromatic N) is 1. The Morgan fingerprint density at radius 1 is 1.52 bits per heavy atom. The number of benzene rings is 1. The van der Waals surface area contributed by atoms with Gasteiger partial charge in [-0.05, 0) is 28.1 Å². The van der Waals surface area contributed by atoms with Gasteiger partial charge in [0.15, 0.2) is 5.75 Å². The van der Waals surface area contributed by atoms with E-state index in [-0.39, 0.29) is 22.2 Å². The van der Waals surface area contributed by atoms with Crippen LogP contribution in [-0.4, -0.2) is 44.5 Å². The summed E-state index contributed by atoms with van der Waals surface area (Å²) in [4.78, 5) is 10.7. The van der Waals surface area contributed by atoms with Crippen molar-refractivity contribution in [1.29, 1.82) is 0 Å². The zero-order chi connectivity index (χ0) is 16.4. The van der Waals surface area contributed by atoms with Gasteiger partial charge in [-0.1, -0.05) is 18.5 Å². The topological polar surface area (TPSA) is 83.9 Å². The number of halogens is 2. The van der Waals surface area contributed by atoms with Crippen LogP contribution < -0.4 is 4.74 Å². The fourth-order valence-corrected chi connectivity index (χ4v) is 4.28. The molecule has 0 saturated carbocycles. The molecule has 1 atom stereocenters. The predicted octanol–water partition coefficient (Wildman–Crippen LogP) is 2.45. The van der Waals surface area contributed by atoms with E-state index in [1.165, 1.54) is 33.2 Å². The van der Waals surface area contributed by atoms with Crippen molar-refractivity contribution in [3.8, 4) is 5.75 Å². The Bertz CT molecular complexity index is 649. The van der Waals surface area contributed by atoms with Gasteiger partial charge in [-0.15, -0.1) is 0 Å². The van der Waals surface area contributed by atoms with Crippen LogP contribution in [-0.2, 0) is 14.8 Å². The molecule has 9 heteroatoms. The van der Waals surface area contributed by atoms with Gasteiger partial charge in [-0.2, -0.15) is 4.31 Å². The Morgan fingerprint density at radius 2 is 2.10 bits per heavy atom. The highest BCUT2D eigenvalue weighted by molar-refractivity contribution is 9.10. The van der Waals surface area contributed by atoms with E-state index in [0.29, 0.717) is 4.47 Å². The van der Waals surface area contributed by atoms with Crippen molar-refractivity contribution in [3.63, 3.8) is 0 Å². The van der Waals surface area contributed by atoms with Crippen LogP contribution in [0.25, 0.3) is 0 Å². The van der Waals surface area contributed by atoms with Gasteiger partial charge in [-0.3, -0.25) is 4.79 Å². The lowest BCUT2D eigenvalue weighted by molar-refractivity contribution is -0.141. The summed E-state index contributed by atoms with van der Waals surface area (Å²) in [6.07, 6.45) is 0. The molecule has 0 saturated heterocycles. The number of methoxy groups -OCH3 is 1. The van der Waals surface area contributed by atoms with E-state index in [1.807, 2.05) is 0 Å². The van der Waals surface area contributed by atoms with Crippen molar-refractivity contribution >= 4 is 43.5 Å². The maximum atomic E-state index is 12.5. The third-order valence-electron chi connectivity index (χ3n) is 2.82. The number of ether oxygens (including phenoxy) is 1. The summed E-state index contributed by atoms with van der Waals surface area (Å²) in [5, 5.41) is 9.10. The summed E-state index contributed by atoms with van der Waals surface area (Å²) in [7, 11) is -1.28. The highest BCUT2D eigenvalue weighted by atomic mass is 79.9. The van der Waals surface area contributed by atoms with Crippen LogP contribution in [0.3, 0.4) is 0 Å². The van der Waals surface area contributed by atoms with Crippen molar-refractivity contribution in [1.82, 2.24) is 4.31 Å². The normalized spacial score (nSPS) is 13.2. The van der Waals surface area contributed by atoms with E-state index in [2.05, 4.69) is 15.9 Å². The Kier molecular flexibility index (Phi) is 6.03. The third kappa shape index (κ3) is 4.09. The second kappa shape index (κ2) is 6.95. The molecule has 118 valence electrons. The van der Waals surface area contributed by atoms with Gasteiger partial charge in [0.2, 0.25) is 10.0 Å². The lowest BCUT2D eigenvalue weighted by Crippen LogP contribution is -2.34. The fraction of sp³-hybridized carbons (Fsp3) is 0.417. The number of rotatable bonds is 6. The summed E-state index contributed by atoms with van der Waals surface area (Å²) < 4.78 is 31.6. The molecule has 1 N–H and O–H groups in total. The monoisotopic (exact) mass is 399 g/mol. The maximum absolute atomic E-state index is 12.5. The summed E-state index contributed by atoms with van der Waals surface area (Å²) in [6.45, 7) is 1.27. The van der Waals surface area contributed by atoms with Gasteiger partial charge < -0.3 is 9.84 Å². The maximum Gasteiger partial charge on any atom is 0.307 e. The van der Waals surface area contributed by atoms with Crippen LogP contribution in [0, 0.1) is 5.92 Å². The minimum absolute atomic E-state index is 0.120. The second-order valence-corrected chi connectivity index (χ2v) is 7.75. The van der Waals surface area contributed by atoms with Gasteiger partial charge in [0.25, 0.3) is 0 Å². The van der Waals surface area contributed by atoms with Crippen LogP contribution in [0.2, 0.25) is 5.02 Å². The first-order chi connectivity index (χ1) is 9.61. The third-order valence-corrected chi connectivity index (χ3v) is 5.46. The molecule has 0 radical (unpaired) electrons. The molecule has 0 aromatic heterocycles. The van der Waals surface area contributed by atoms with Crippen molar-refractivity contribution < 1.29 is 23.1 Å². The summed E-state index contributed by atoms with van der Waals surface area (Å²) >= 11 is 9.07. The Hall–Kier alpha value is -0.830. The van der Waals surface area contributed by atoms with Crippen molar-refractivity contribution in [2.24, 2.45) is 5.92 Å². The zero-order valence-electron chi connectivity index (χ0n) is 11.6. The van der Waals surface area contributed by atoms with E-state index in [1.54, 1.807) is 0 Å². The minimum atomic E-state index is -3.92. The Labute approximate surface area is 136 Å². The Morgan fingerprint density at radius 3 is 2.57 bits per heavy atom. The van der Waals surface area contributed by atoms with Gasteiger partial charge in [0.05, 0.1) is 17.5 Å². The molecule has 1 aromatic rings. The standard InChI is InChI=1S/C12H15BrClNO5S/c1-7(12(16)17)6-15(2)21(18,19)10-5-8(14)4-9(13)11(10)20-3/h4-5,7H,6H2,1-3H3,(H,16,17). The first kappa shape index (κ1) is 18.2. The van der Waals surface area contributed by atoms with E-state index >= 15 is 0 Å². The van der Waals surface area contributed by atoms with Crippen LogP contribution >= 0.6 is 27.5 Å².